The minimum absolute atomic E-state index is 0.222. The first kappa shape index (κ1) is 10.0. The van der Waals surface area contributed by atoms with Crippen LogP contribution in [0.15, 0.2) is 27.7 Å². The monoisotopic (exact) mass is 223 g/mol. The quantitative estimate of drug-likeness (QED) is 0.722. The predicted molar refractivity (Wildman–Crippen MR) is 57.1 cm³/mol. The molecule has 4 nitrogen and oxygen atoms in total. The fourth-order valence-corrected chi connectivity index (χ4v) is 2.16. The van der Waals surface area contributed by atoms with Gasteiger partial charge in [0.25, 0.3) is 11.1 Å². The van der Waals surface area contributed by atoms with Gasteiger partial charge in [-0.2, -0.15) is 0 Å². The average Bonchev–Trinajstić information content (AvgIpc) is 2.78. The van der Waals surface area contributed by atoms with Gasteiger partial charge in [0.2, 0.25) is 0 Å². The zero-order valence-corrected chi connectivity index (χ0v) is 8.91. The maximum Gasteiger partial charge on any atom is 0.293 e. The fraction of sp³-hybridized carbons (Fsp3) is 0.200. The molecular weight excluding hydrogens is 214 g/mol. The first-order valence-corrected chi connectivity index (χ1v) is 5.33. The Hall–Kier alpha value is -1.49. The van der Waals surface area contributed by atoms with Crippen molar-refractivity contribution in [2.24, 2.45) is 0 Å². The van der Waals surface area contributed by atoms with E-state index in [4.69, 9.17) is 4.42 Å². The highest BCUT2D eigenvalue weighted by Gasteiger charge is 2.33. The van der Waals surface area contributed by atoms with E-state index in [1.807, 2.05) is 0 Å². The number of hydrogen-bond donors (Lipinski definition) is 0. The SMILES string of the molecule is CCN1C(=O)S/C(=C\c2ccco2)C1=O. The van der Waals surface area contributed by atoms with E-state index in [2.05, 4.69) is 0 Å². The van der Waals surface area contributed by atoms with Crippen molar-refractivity contribution in [3.63, 3.8) is 0 Å². The van der Waals surface area contributed by atoms with Gasteiger partial charge in [-0.05, 0) is 30.8 Å². The average molecular weight is 223 g/mol. The van der Waals surface area contributed by atoms with Crippen LogP contribution in [0.3, 0.4) is 0 Å². The van der Waals surface area contributed by atoms with Crippen molar-refractivity contribution in [3.8, 4) is 0 Å². The summed E-state index contributed by atoms with van der Waals surface area (Å²) in [7, 11) is 0. The normalized spacial score (nSPS) is 19.3. The Morgan fingerprint density at radius 1 is 1.53 bits per heavy atom. The molecule has 1 saturated heterocycles. The van der Waals surface area contributed by atoms with Crippen molar-refractivity contribution < 1.29 is 14.0 Å². The van der Waals surface area contributed by atoms with Crippen LogP contribution in [-0.2, 0) is 4.79 Å². The van der Waals surface area contributed by atoms with Crippen LogP contribution in [0.1, 0.15) is 12.7 Å². The second-order valence-corrected chi connectivity index (χ2v) is 3.93. The van der Waals surface area contributed by atoms with E-state index in [-0.39, 0.29) is 11.1 Å². The molecular formula is C10H9NO3S. The number of hydrogen-bond acceptors (Lipinski definition) is 4. The van der Waals surface area contributed by atoms with E-state index in [1.54, 1.807) is 25.1 Å². The molecule has 5 heteroatoms. The number of furan rings is 1. The lowest BCUT2D eigenvalue weighted by Gasteiger charge is -2.06. The summed E-state index contributed by atoms with van der Waals surface area (Å²) in [6, 6.07) is 3.47. The number of rotatable bonds is 2. The Bertz CT molecular complexity index is 422. The molecule has 1 aliphatic rings. The van der Waals surface area contributed by atoms with Crippen LogP contribution in [0.2, 0.25) is 0 Å². The lowest BCUT2D eigenvalue weighted by Crippen LogP contribution is -2.27. The van der Waals surface area contributed by atoms with Crippen LogP contribution >= 0.6 is 11.8 Å². The van der Waals surface area contributed by atoms with E-state index in [0.717, 1.165) is 11.8 Å². The molecule has 2 heterocycles. The third kappa shape index (κ3) is 1.83. The van der Waals surface area contributed by atoms with Gasteiger partial charge in [0, 0.05) is 12.6 Å². The van der Waals surface area contributed by atoms with Gasteiger partial charge in [-0.25, -0.2) is 0 Å². The number of imide groups is 1. The molecule has 1 aromatic heterocycles. The van der Waals surface area contributed by atoms with Gasteiger partial charge in [0.15, 0.2) is 0 Å². The molecule has 2 rings (SSSR count). The van der Waals surface area contributed by atoms with Crippen molar-refractivity contribution in [1.82, 2.24) is 4.90 Å². The van der Waals surface area contributed by atoms with Gasteiger partial charge in [-0.3, -0.25) is 14.5 Å². The Morgan fingerprint density at radius 3 is 2.87 bits per heavy atom. The second kappa shape index (κ2) is 3.94. The smallest absolute Gasteiger partial charge is 0.293 e. The van der Waals surface area contributed by atoms with Gasteiger partial charge in [0.05, 0.1) is 11.2 Å². The van der Waals surface area contributed by atoms with E-state index >= 15 is 0 Å². The van der Waals surface area contributed by atoms with Gasteiger partial charge in [0.1, 0.15) is 5.76 Å². The molecule has 1 aromatic rings. The molecule has 0 saturated carbocycles. The minimum Gasteiger partial charge on any atom is -0.465 e. The Morgan fingerprint density at radius 2 is 2.33 bits per heavy atom. The summed E-state index contributed by atoms with van der Waals surface area (Å²) < 4.78 is 5.08. The molecule has 2 amide bonds. The molecule has 0 bridgehead atoms. The molecule has 0 aromatic carbocycles. The first-order valence-electron chi connectivity index (χ1n) is 4.51. The maximum atomic E-state index is 11.6. The van der Waals surface area contributed by atoms with Crippen molar-refractivity contribution in [3.05, 3.63) is 29.1 Å². The predicted octanol–water partition coefficient (Wildman–Crippen LogP) is 2.34. The molecule has 0 N–H and O–H groups in total. The van der Waals surface area contributed by atoms with E-state index < -0.39 is 0 Å². The van der Waals surface area contributed by atoms with E-state index in [9.17, 15) is 9.59 Å². The molecule has 1 aliphatic heterocycles. The molecule has 78 valence electrons. The summed E-state index contributed by atoms with van der Waals surface area (Å²) in [5, 5.41) is -0.222. The second-order valence-electron chi connectivity index (χ2n) is 2.94. The number of thioether (sulfide) groups is 1. The van der Waals surface area contributed by atoms with Gasteiger partial charge < -0.3 is 4.42 Å². The van der Waals surface area contributed by atoms with Crippen molar-refractivity contribution in [1.29, 1.82) is 0 Å². The van der Waals surface area contributed by atoms with Crippen molar-refractivity contribution in [2.45, 2.75) is 6.92 Å². The van der Waals surface area contributed by atoms with Crippen LogP contribution in [0, 0.1) is 0 Å². The lowest BCUT2D eigenvalue weighted by molar-refractivity contribution is -0.122. The highest BCUT2D eigenvalue weighted by molar-refractivity contribution is 8.18. The van der Waals surface area contributed by atoms with Crippen LogP contribution < -0.4 is 0 Å². The standard InChI is InChI=1S/C10H9NO3S/c1-2-11-9(12)8(15-10(11)13)6-7-4-3-5-14-7/h3-6H,2H2,1H3/b8-6-. The highest BCUT2D eigenvalue weighted by Crippen LogP contribution is 2.31. The Kier molecular flexibility index (Phi) is 2.64. The summed E-state index contributed by atoms with van der Waals surface area (Å²) in [6.45, 7) is 2.17. The highest BCUT2D eigenvalue weighted by atomic mass is 32.2. The maximum absolute atomic E-state index is 11.6. The first-order chi connectivity index (χ1) is 7.22. The summed E-state index contributed by atoms with van der Waals surface area (Å²) >= 11 is 0.943. The third-order valence-electron chi connectivity index (χ3n) is 2.01. The van der Waals surface area contributed by atoms with Crippen molar-refractivity contribution in [2.75, 3.05) is 6.54 Å². The molecule has 0 spiro atoms. The number of carbonyl (C=O) groups excluding carboxylic acids is 2. The largest absolute Gasteiger partial charge is 0.465 e. The van der Waals surface area contributed by atoms with Gasteiger partial charge in [-0.15, -0.1) is 0 Å². The van der Waals surface area contributed by atoms with E-state index in [1.165, 1.54) is 11.2 Å². The summed E-state index contributed by atoms with van der Waals surface area (Å²) in [5.74, 6) is 0.334. The molecule has 0 radical (unpaired) electrons. The number of carbonyl (C=O) groups is 2. The fourth-order valence-electron chi connectivity index (χ4n) is 1.28. The number of amides is 2. The lowest BCUT2D eigenvalue weighted by atomic mass is 10.3. The Labute approximate surface area is 90.9 Å². The molecule has 1 fully saturated rings. The van der Waals surface area contributed by atoms with E-state index in [0.29, 0.717) is 17.2 Å². The Balaban J connectivity index is 2.26. The molecule has 0 aliphatic carbocycles. The van der Waals surface area contributed by atoms with Gasteiger partial charge >= 0.3 is 0 Å². The van der Waals surface area contributed by atoms with Crippen LogP contribution in [0.4, 0.5) is 4.79 Å². The third-order valence-corrected chi connectivity index (χ3v) is 2.91. The topological polar surface area (TPSA) is 50.5 Å². The minimum atomic E-state index is -0.246. The summed E-state index contributed by atoms with van der Waals surface area (Å²) in [6.07, 6.45) is 3.11. The van der Waals surface area contributed by atoms with Crippen molar-refractivity contribution >= 4 is 29.0 Å². The van der Waals surface area contributed by atoms with Crippen LogP contribution in [-0.4, -0.2) is 22.6 Å². The number of nitrogens with zero attached hydrogens (tertiary/aromatic N) is 1. The zero-order valence-electron chi connectivity index (χ0n) is 8.10. The van der Waals surface area contributed by atoms with Gasteiger partial charge in [-0.1, -0.05) is 0 Å². The number of likely N-dealkylation sites (N-methyl/N-ethyl adjacent to an activating group) is 1. The van der Waals surface area contributed by atoms with Crippen LogP contribution in [0.5, 0.6) is 0 Å². The molecule has 0 unspecified atom stereocenters. The molecule has 0 atom stereocenters. The molecule has 15 heavy (non-hydrogen) atoms. The summed E-state index contributed by atoms with van der Waals surface area (Å²) in [4.78, 5) is 24.6. The zero-order chi connectivity index (χ0) is 10.8. The summed E-state index contributed by atoms with van der Waals surface area (Å²) in [5.41, 5.74) is 0. The van der Waals surface area contributed by atoms with Crippen LogP contribution in [0.25, 0.3) is 6.08 Å².